The number of rotatable bonds is 3. The lowest BCUT2D eigenvalue weighted by atomic mass is 10.2. The third-order valence-corrected chi connectivity index (χ3v) is 2.70. The first-order valence-corrected chi connectivity index (χ1v) is 5.77. The SMILES string of the molecule is COc1cccc(NC2COC(C)(C)OC2)c1. The van der Waals surface area contributed by atoms with E-state index in [-0.39, 0.29) is 6.04 Å². The molecule has 0 atom stereocenters. The van der Waals surface area contributed by atoms with Crippen LogP contribution in [0.5, 0.6) is 5.75 Å². The summed E-state index contributed by atoms with van der Waals surface area (Å²) in [4.78, 5) is 0. The van der Waals surface area contributed by atoms with E-state index in [1.165, 1.54) is 0 Å². The maximum Gasteiger partial charge on any atom is 0.162 e. The summed E-state index contributed by atoms with van der Waals surface area (Å²) in [6.45, 7) is 5.14. The second-order valence-corrected chi connectivity index (χ2v) is 4.60. The Morgan fingerprint density at radius 2 is 2.00 bits per heavy atom. The van der Waals surface area contributed by atoms with Crippen LogP contribution in [0.2, 0.25) is 0 Å². The Morgan fingerprint density at radius 1 is 1.29 bits per heavy atom. The van der Waals surface area contributed by atoms with E-state index in [1.54, 1.807) is 7.11 Å². The Bertz CT molecular complexity index is 369. The van der Waals surface area contributed by atoms with E-state index in [2.05, 4.69) is 5.32 Å². The van der Waals surface area contributed by atoms with E-state index in [4.69, 9.17) is 14.2 Å². The molecule has 1 aromatic carbocycles. The summed E-state index contributed by atoms with van der Waals surface area (Å²) in [5, 5.41) is 3.36. The molecule has 17 heavy (non-hydrogen) atoms. The maximum absolute atomic E-state index is 5.59. The molecule has 1 N–H and O–H groups in total. The molecular weight excluding hydrogens is 218 g/mol. The van der Waals surface area contributed by atoms with Crippen molar-refractivity contribution in [2.75, 3.05) is 25.6 Å². The number of nitrogens with one attached hydrogen (secondary N) is 1. The van der Waals surface area contributed by atoms with Gasteiger partial charge in [0, 0.05) is 11.8 Å². The lowest BCUT2D eigenvalue weighted by Crippen LogP contribution is -2.45. The molecule has 0 aliphatic carbocycles. The van der Waals surface area contributed by atoms with Gasteiger partial charge >= 0.3 is 0 Å². The van der Waals surface area contributed by atoms with E-state index in [0.29, 0.717) is 13.2 Å². The topological polar surface area (TPSA) is 39.7 Å². The van der Waals surface area contributed by atoms with Gasteiger partial charge in [0.2, 0.25) is 0 Å². The van der Waals surface area contributed by atoms with Crippen LogP contribution in [0.3, 0.4) is 0 Å². The summed E-state index contributed by atoms with van der Waals surface area (Å²) in [6.07, 6.45) is 0. The zero-order valence-corrected chi connectivity index (χ0v) is 10.5. The first kappa shape index (κ1) is 12.2. The molecule has 0 bridgehead atoms. The van der Waals surface area contributed by atoms with E-state index >= 15 is 0 Å². The summed E-state index contributed by atoms with van der Waals surface area (Å²) in [5.41, 5.74) is 1.02. The second kappa shape index (κ2) is 4.94. The summed E-state index contributed by atoms with van der Waals surface area (Å²) < 4.78 is 16.4. The van der Waals surface area contributed by atoms with E-state index in [0.717, 1.165) is 11.4 Å². The van der Waals surface area contributed by atoms with Crippen molar-refractivity contribution in [3.05, 3.63) is 24.3 Å². The van der Waals surface area contributed by atoms with E-state index in [1.807, 2.05) is 38.1 Å². The third kappa shape index (κ3) is 3.35. The third-order valence-electron chi connectivity index (χ3n) is 2.70. The smallest absolute Gasteiger partial charge is 0.162 e. The van der Waals surface area contributed by atoms with Gasteiger partial charge in [0.05, 0.1) is 26.4 Å². The number of benzene rings is 1. The van der Waals surface area contributed by atoms with Crippen molar-refractivity contribution in [3.8, 4) is 5.75 Å². The van der Waals surface area contributed by atoms with Crippen molar-refractivity contribution in [3.63, 3.8) is 0 Å². The molecule has 0 unspecified atom stereocenters. The van der Waals surface area contributed by atoms with Crippen molar-refractivity contribution < 1.29 is 14.2 Å². The molecule has 1 aliphatic rings. The fourth-order valence-electron chi connectivity index (χ4n) is 1.72. The summed E-state index contributed by atoms with van der Waals surface area (Å²) >= 11 is 0. The van der Waals surface area contributed by atoms with Crippen LogP contribution in [0.1, 0.15) is 13.8 Å². The van der Waals surface area contributed by atoms with Gasteiger partial charge in [-0.3, -0.25) is 0 Å². The molecule has 1 fully saturated rings. The van der Waals surface area contributed by atoms with Crippen molar-refractivity contribution in [2.45, 2.75) is 25.7 Å². The van der Waals surface area contributed by atoms with Gasteiger partial charge in [-0.2, -0.15) is 0 Å². The van der Waals surface area contributed by atoms with Crippen molar-refractivity contribution in [2.24, 2.45) is 0 Å². The second-order valence-electron chi connectivity index (χ2n) is 4.60. The highest BCUT2D eigenvalue weighted by Crippen LogP contribution is 2.21. The van der Waals surface area contributed by atoms with Crippen molar-refractivity contribution in [1.29, 1.82) is 0 Å². The molecule has 2 rings (SSSR count). The molecule has 1 saturated heterocycles. The normalized spacial score (nSPS) is 19.9. The van der Waals surface area contributed by atoms with Crippen LogP contribution in [0, 0.1) is 0 Å². The predicted octanol–water partition coefficient (Wildman–Crippen LogP) is 2.26. The number of hydrogen-bond acceptors (Lipinski definition) is 4. The molecule has 1 aromatic rings. The van der Waals surface area contributed by atoms with Crippen LogP contribution in [0.25, 0.3) is 0 Å². The Hall–Kier alpha value is -1.26. The first-order chi connectivity index (χ1) is 8.09. The highest BCUT2D eigenvalue weighted by Gasteiger charge is 2.28. The molecule has 1 heterocycles. The first-order valence-electron chi connectivity index (χ1n) is 5.77. The molecule has 1 aliphatic heterocycles. The zero-order chi connectivity index (χ0) is 12.3. The minimum absolute atomic E-state index is 0.176. The van der Waals surface area contributed by atoms with Gasteiger partial charge in [0.15, 0.2) is 5.79 Å². The Balaban J connectivity index is 1.93. The van der Waals surface area contributed by atoms with Gasteiger partial charge in [0.1, 0.15) is 5.75 Å². The largest absolute Gasteiger partial charge is 0.497 e. The van der Waals surface area contributed by atoms with Gasteiger partial charge in [-0.25, -0.2) is 0 Å². The lowest BCUT2D eigenvalue weighted by molar-refractivity contribution is -0.247. The predicted molar refractivity (Wildman–Crippen MR) is 66.4 cm³/mol. The summed E-state index contributed by atoms with van der Waals surface area (Å²) in [6, 6.07) is 8.01. The Morgan fingerprint density at radius 3 is 2.65 bits per heavy atom. The fraction of sp³-hybridized carbons (Fsp3) is 0.538. The van der Waals surface area contributed by atoms with Crippen molar-refractivity contribution in [1.82, 2.24) is 0 Å². The average molecular weight is 237 g/mol. The van der Waals surface area contributed by atoms with E-state index in [9.17, 15) is 0 Å². The average Bonchev–Trinajstić information content (AvgIpc) is 2.32. The Labute approximate surface area is 102 Å². The van der Waals surface area contributed by atoms with Gasteiger partial charge < -0.3 is 19.5 Å². The summed E-state index contributed by atoms with van der Waals surface area (Å²) in [5.74, 6) is 0.375. The van der Waals surface area contributed by atoms with E-state index < -0.39 is 5.79 Å². The molecule has 0 aromatic heterocycles. The quantitative estimate of drug-likeness (QED) is 0.875. The van der Waals surface area contributed by atoms with Crippen molar-refractivity contribution >= 4 is 5.69 Å². The van der Waals surface area contributed by atoms with Gasteiger partial charge in [-0.15, -0.1) is 0 Å². The number of anilines is 1. The highest BCUT2D eigenvalue weighted by molar-refractivity contribution is 5.48. The molecule has 0 radical (unpaired) electrons. The monoisotopic (exact) mass is 237 g/mol. The fourth-order valence-corrected chi connectivity index (χ4v) is 1.72. The van der Waals surface area contributed by atoms with Crippen LogP contribution in [0.15, 0.2) is 24.3 Å². The van der Waals surface area contributed by atoms with Crippen LogP contribution >= 0.6 is 0 Å². The molecule has 4 nitrogen and oxygen atoms in total. The van der Waals surface area contributed by atoms with Crippen LogP contribution < -0.4 is 10.1 Å². The van der Waals surface area contributed by atoms with Crippen LogP contribution in [0.4, 0.5) is 5.69 Å². The van der Waals surface area contributed by atoms with Crippen LogP contribution in [-0.2, 0) is 9.47 Å². The Kier molecular flexibility index (Phi) is 3.54. The zero-order valence-electron chi connectivity index (χ0n) is 10.5. The molecule has 4 heteroatoms. The molecule has 0 saturated carbocycles. The molecule has 94 valence electrons. The van der Waals surface area contributed by atoms with Gasteiger partial charge in [0.25, 0.3) is 0 Å². The standard InChI is InChI=1S/C13H19NO3/c1-13(2)16-8-11(9-17-13)14-10-5-4-6-12(7-10)15-3/h4-7,11,14H,8-9H2,1-3H3. The summed E-state index contributed by atoms with van der Waals surface area (Å²) in [7, 11) is 1.66. The molecular formula is C13H19NO3. The van der Waals surface area contributed by atoms with Crippen LogP contribution in [-0.4, -0.2) is 32.2 Å². The minimum Gasteiger partial charge on any atom is -0.497 e. The number of hydrogen-bond donors (Lipinski definition) is 1. The maximum atomic E-state index is 5.59. The number of methoxy groups -OCH3 is 1. The molecule has 0 spiro atoms. The minimum atomic E-state index is -0.466. The number of ether oxygens (including phenoxy) is 3. The highest BCUT2D eigenvalue weighted by atomic mass is 16.7. The molecule has 0 amide bonds. The van der Waals surface area contributed by atoms with Gasteiger partial charge in [-0.1, -0.05) is 6.07 Å². The lowest BCUT2D eigenvalue weighted by Gasteiger charge is -2.35. The van der Waals surface area contributed by atoms with Gasteiger partial charge in [-0.05, 0) is 26.0 Å².